The summed E-state index contributed by atoms with van der Waals surface area (Å²) in [6.45, 7) is 5.10. The maximum absolute atomic E-state index is 12.4. The molecule has 3 aromatic rings. The van der Waals surface area contributed by atoms with Gasteiger partial charge in [-0.05, 0) is 39.0 Å². The molecule has 0 bridgehead atoms. The van der Waals surface area contributed by atoms with Crippen molar-refractivity contribution in [3.05, 3.63) is 59.0 Å². The molecule has 0 aliphatic heterocycles. The number of esters is 1. The summed E-state index contributed by atoms with van der Waals surface area (Å²) in [7, 11) is 0. The minimum Gasteiger partial charge on any atom is -0.457 e. The highest BCUT2D eigenvalue weighted by Crippen LogP contribution is 2.21. The van der Waals surface area contributed by atoms with Gasteiger partial charge in [-0.3, -0.25) is 9.36 Å². The van der Waals surface area contributed by atoms with Gasteiger partial charge in [0.25, 0.3) is 0 Å². The van der Waals surface area contributed by atoms with Crippen molar-refractivity contribution in [2.45, 2.75) is 20.8 Å². The number of Topliss-reactive ketones (excluding diaryl/α,β-unsaturated/α-hetero) is 1. The van der Waals surface area contributed by atoms with Gasteiger partial charge in [-0.25, -0.2) is 4.79 Å². The van der Waals surface area contributed by atoms with Crippen LogP contribution in [0, 0.1) is 20.8 Å². The van der Waals surface area contributed by atoms with E-state index in [2.05, 4.69) is 5.16 Å². The Labute approximate surface area is 137 Å². The number of ether oxygens (including phenoxy) is 1. The lowest BCUT2D eigenvalue weighted by Crippen LogP contribution is -2.14. The van der Waals surface area contributed by atoms with Crippen LogP contribution in [0.3, 0.4) is 0 Å². The Balaban J connectivity index is 1.77. The second-order valence-corrected chi connectivity index (χ2v) is 5.39. The molecule has 7 nitrogen and oxygen atoms in total. The highest BCUT2D eigenvalue weighted by atomic mass is 16.5. The number of hydrogen-bond donors (Lipinski definition) is 0. The predicted molar refractivity (Wildman–Crippen MR) is 83.4 cm³/mol. The fraction of sp³-hybridized carbons (Fsp3) is 0.235. The molecule has 0 atom stereocenters. The first-order valence-electron chi connectivity index (χ1n) is 7.34. The van der Waals surface area contributed by atoms with E-state index in [1.165, 1.54) is 12.3 Å². The summed E-state index contributed by atoms with van der Waals surface area (Å²) in [4.78, 5) is 24.1. The van der Waals surface area contributed by atoms with Crippen LogP contribution in [0.5, 0.6) is 0 Å². The van der Waals surface area contributed by atoms with Gasteiger partial charge in [0.05, 0.1) is 6.26 Å². The summed E-state index contributed by atoms with van der Waals surface area (Å²) in [6.07, 6.45) is 1.37. The zero-order chi connectivity index (χ0) is 17.3. The summed E-state index contributed by atoms with van der Waals surface area (Å²) in [6, 6.07) is 6.57. The van der Waals surface area contributed by atoms with E-state index in [4.69, 9.17) is 13.7 Å². The number of hydrogen-bond acceptors (Lipinski definition) is 6. The van der Waals surface area contributed by atoms with Gasteiger partial charge in [-0.15, -0.1) is 0 Å². The SMILES string of the molecule is Cc1cc(-n2c(C)cc(C(=O)COC(=O)c3ccco3)c2C)no1. The second kappa shape index (κ2) is 6.19. The molecule has 0 radical (unpaired) electrons. The van der Waals surface area contributed by atoms with E-state index >= 15 is 0 Å². The second-order valence-electron chi connectivity index (χ2n) is 5.39. The van der Waals surface area contributed by atoms with Crippen LogP contribution in [-0.4, -0.2) is 28.1 Å². The number of carbonyl (C=O) groups is 2. The highest BCUT2D eigenvalue weighted by Gasteiger charge is 2.20. The molecule has 0 amide bonds. The van der Waals surface area contributed by atoms with Crippen LogP contribution in [0.1, 0.15) is 38.1 Å². The van der Waals surface area contributed by atoms with Crippen molar-refractivity contribution in [3.63, 3.8) is 0 Å². The molecule has 3 aromatic heterocycles. The van der Waals surface area contributed by atoms with Crippen molar-refractivity contribution in [2.24, 2.45) is 0 Å². The minimum absolute atomic E-state index is 0.0614. The van der Waals surface area contributed by atoms with Gasteiger partial charge in [0.1, 0.15) is 5.76 Å². The van der Waals surface area contributed by atoms with Crippen molar-refractivity contribution >= 4 is 11.8 Å². The van der Waals surface area contributed by atoms with Gasteiger partial charge >= 0.3 is 5.97 Å². The average Bonchev–Trinajstić information content (AvgIpc) is 3.26. The summed E-state index contributed by atoms with van der Waals surface area (Å²) < 4.78 is 16.8. The van der Waals surface area contributed by atoms with E-state index in [9.17, 15) is 9.59 Å². The molecule has 3 heterocycles. The third-order valence-corrected chi connectivity index (χ3v) is 3.63. The van der Waals surface area contributed by atoms with Gasteiger partial charge in [-0.2, -0.15) is 0 Å². The number of aryl methyl sites for hydroxylation is 2. The van der Waals surface area contributed by atoms with Gasteiger partial charge in [0.2, 0.25) is 11.5 Å². The maximum atomic E-state index is 12.4. The lowest BCUT2D eigenvalue weighted by Gasteiger charge is -2.05. The van der Waals surface area contributed by atoms with Crippen LogP contribution in [0.15, 0.2) is 39.5 Å². The third-order valence-electron chi connectivity index (χ3n) is 3.63. The molecule has 124 valence electrons. The Kier molecular flexibility index (Phi) is 4.07. The van der Waals surface area contributed by atoms with E-state index in [1.807, 2.05) is 11.5 Å². The van der Waals surface area contributed by atoms with Gasteiger partial charge < -0.3 is 13.7 Å². The Morgan fingerprint density at radius 1 is 1.25 bits per heavy atom. The molecule has 0 saturated carbocycles. The summed E-state index contributed by atoms with van der Waals surface area (Å²) in [5, 5.41) is 3.97. The Morgan fingerprint density at radius 2 is 2.04 bits per heavy atom. The van der Waals surface area contributed by atoms with E-state index in [-0.39, 0.29) is 18.2 Å². The van der Waals surface area contributed by atoms with Crippen molar-refractivity contribution in [1.82, 2.24) is 9.72 Å². The molecule has 3 rings (SSSR count). The van der Waals surface area contributed by atoms with Crippen LogP contribution < -0.4 is 0 Å². The molecular formula is C17H16N2O5. The highest BCUT2D eigenvalue weighted by molar-refractivity contribution is 6.00. The van der Waals surface area contributed by atoms with Gasteiger partial charge in [0, 0.05) is 23.0 Å². The van der Waals surface area contributed by atoms with Crippen molar-refractivity contribution in [1.29, 1.82) is 0 Å². The van der Waals surface area contributed by atoms with E-state index < -0.39 is 5.97 Å². The average molecular weight is 328 g/mol. The molecule has 0 aromatic carbocycles. The fourth-order valence-corrected chi connectivity index (χ4v) is 2.53. The number of ketones is 1. The van der Waals surface area contributed by atoms with Crippen molar-refractivity contribution in [2.75, 3.05) is 6.61 Å². The zero-order valence-corrected chi connectivity index (χ0v) is 13.5. The normalized spacial score (nSPS) is 10.8. The van der Waals surface area contributed by atoms with Crippen LogP contribution in [0.25, 0.3) is 5.82 Å². The first-order valence-corrected chi connectivity index (χ1v) is 7.34. The number of furan rings is 1. The first-order chi connectivity index (χ1) is 11.5. The molecule has 0 unspecified atom stereocenters. The zero-order valence-electron chi connectivity index (χ0n) is 13.5. The topological polar surface area (TPSA) is 87.5 Å². The van der Waals surface area contributed by atoms with Crippen molar-refractivity contribution < 1.29 is 23.3 Å². The summed E-state index contributed by atoms with van der Waals surface area (Å²) in [5.41, 5.74) is 2.02. The lowest BCUT2D eigenvalue weighted by molar-refractivity contribution is 0.0444. The largest absolute Gasteiger partial charge is 0.457 e. The Hall–Kier alpha value is -3.09. The molecule has 0 N–H and O–H groups in total. The minimum atomic E-state index is -0.672. The van der Waals surface area contributed by atoms with Gasteiger partial charge in [0.15, 0.2) is 12.4 Å². The number of carbonyl (C=O) groups excluding carboxylic acids is 2. The molecule has 0 spiro atoms. The standard InChI is InChI=1S/C17H16N2O5/c1-10-7-13(12(3)19(10)16-8-11(2)24-18-16)14(20)9-23-17(21)15-5-4-6-22-15/h4-8H,9H2,1-3H3. The van der Waals surface area contributed by atoms with E-state index in [1.54, 1.807) is 32.0 Å². The van der Waals surface area contributed by atoms with E-state index in [0.29, 0.717) is 22.8 Å². The molecule has 7 heteroatoms. The molecular weight excluding hydrogens is 312 g/mol. The van der Waals surface area contributed by atoms with Crippen LogP contribution >= 0.6 is 0 Å². The smallest absolute Gasteiger partial charge is 0.374 e. The molecule has 0 fully saturated rings. The lowest BCUT2D eigenvalue weighted by atomic mass is 10.1. The van der Waals surface area contributed by atoms with E-state index in [0.717, 1.165) is 5.69 Å². The van der Waals surface area contributed by atoms with Crippen LogP contribution in [0.4, 0.5) is 0 Å². The summed E-state index contributed by atoms with van der Waals surface area (Å²) in [5.74, 6) is 0.377. The Bertz CT molecular complexity index is 886. The fourth-order valence-electron chi connectivity index (χ4n) is 2.53. The number of nitrogens with zero attached hydrogens (tertiary/aromatic N) is 2. The molecule has 0 aliphatic rings. The molecule has 0 saturated heterocycles. The Morgan fingerprint density at radius 3 is 2.67 bits per heavy atom. The predicted octanol–water partition coefficient (Wildman–Crippen LogP) is 3.02. The molecule has 0 aliphatic carbocycles. The van der Waals surface area contributed by atoms with Gasteiger partial charge in [-0.1, -0.05) is 5.16 Å². The number of aromatic nitrogens is 2. The monoisotopic (exact) mass is 328 g/mol. The van der Waals surface area contributed by atoms with Crippen LogP contribution in [0.2, 0.25) is 0 Å². The van der Waals surface area contributed by atoms with Crippen molar-refractivity contribution in [3.8, 4) is 5.82 Å². The first kappa shape index (κ1) is 15.8. The maximum Gasteiger partial charge on any atom is 0.374 e. The molecule has 24 heavy (non-hydrogen) atoms. The number of rotatable bonds is 5. The van der Waals surface area contributed by atoms with Crippen LogP contribution in [-0.2, 0) is 4.74 Å². The third kappa shape index (κ3) is 2.88. The summed E-state index contributed by atoms with van der Waals surface area (Å²) >= 11 is 0. The quantitative estimate of drug-likeness (QED) is 0.528.